The number of ether oxygens (including phenoxy) is 1. The molecular formula is C18H19ClN2O3. The normalized spacial score (nSPS) is 10.3. The average molecular weight is 347 g/mol. The van der Waals surface area contributed by atoms with Crippen molar-refractivity contribution in [1.29, 1.82) is 0 Å². The molecule has 24 heavy (non-hydrogen) atoms. The van der Waals surface area contributed by atoms with Crippen LogP contribution in [0.1, 0.15) is 27.0 Å². The second-order valence-corrected chi connectivity index (χ2v) is 5.96. The predicted octanol–water partition coefficient (Wildman–Crippen LogP) is 3.17. The van der Waals surface area contributed by atoms with Gasteiger partial charge in [0.2, 0.25) is 0 Å². The Bertz CT molecular complexity index is 762. The molecule has 1 amide bonds. The van der Waals surface area contributed by atoms with Gasteiger partial charge >= 0.3 is 5.97 Å². The molecule has 0 saturated carbocycles. The number of rotatable bonds is 5. The molecule has 0 aliphatic rings. The van der Waals surface area contributed by atoms with Gasteiger partial charge in [0.25, 0.3) is 5.91 Å². The minimum absolute atomic E-state index is 0.0542. The SMILES string of the molecule is Cc1ccc(CN(C)C(=O)COC(=O)c2cccnc2Cl)c(C)c1. The van der Waals surface area contributed by atoms with Crippen LogP contribution in [0.25, 0.3) is 0 Å². The molecule has 1 aromatic carbocycles. The number of carbonyl (C=O) groups is 2. The summed E-state index contributed by atoms with van der Waals surface area (Å²) in [6.45, 7) is 4.14. The van der Waals surface area contributed by atoms with Gasteiger partial charge < -0.3 is 9.64 Å². The summed E-state index contributed by atoms with van der Waals surface area (Å²) in [6.07, 6.45) is 1.47. The molecule has 0 unspecified atom stereocenters. The third kappa shape index (κ3) is 4.55. The second kappa shape index (κ2) is 7.93. The Labute approximate surface area is 146 Å². The lowest BCUT2D eigenvalue weighted by molar-refractivity contribution is -0.133. The Morgan fingerprint density at radius 1 is 1.25 bits per heavy atom. The van der Waals surface area contributed by atoms with Crippen LogP contribution in [-0.4, -0.2) is 35.4 Å². The minimum Gasteiger partial charge on any atom is -0.452 e. The third-order valence-corrected chi connectivity index (χ3v) is 3.94. The van der Waals surface area contributed by atoms with Gasteiger partial charge in [0.15, 0.2) is 6.61 Å². The molecule has 2 rings (SSSR count). The van der Waals surface area contributed by atoms with Crippen LogP contribution in [0.4, 0.5) is 0 Å². The van der Waals surface area contributed by atoms with Crippen molar-refractivity contribution in [2.75, 3.05) is 13.7 Å². The van der Waals surface area contributed by atoms with E-state index in [4.69, 9.17) is 16.3 Å². The van der Waals surface area contributed by atoms with E-state index in [1.165, 1.54) is 22.7 Å². The van der Waals surface area contributed by atoms with Gasteiger partial charge in [0.1, 0.15) is 5.15 Å². The van der Waals surface area contributed by atoms with E-state index in [1.807, 2.05) is 26.0 Å². The van der Waals surface area contributed by atoms with Crippen LogP contribution in [0, 0.1) is 13.8 Å². The maximum Gasteiger partial charge on any atom is 0.341 e. The first kappa shape index (κ1) is 17.9. The van der Waals surface area contributed by atoms with Crippen molar-refractivity contribution in [2.24, 2.45) is 0 Å². The average Bonchev–Trinajstić information content (AvgIpc) is 2.55. The van der Waals surface area contributed by atoms with Crippen molar-refractivity contribution in [3.8, 4) is 0 Å². The smallest absolute Gasteiger partial charge is 0.341 e. The topological polar surface area (TPSA) is 59.5 Å². The molecule has 0 bridgehead atoms. The van der Waals surface area contributed by atoms with Gasteiger partial charge in [-0.15, -0.1) is 0 Å². The number of likely N-dealkylation sites (N-methyl/N-ethyl adjacent to an activating group) is 1. The summed E-state index contributed by atoms with van der Waals surface area (Å²) >= 11 is 5.83. The standard InChI is InChI=1S/C18H19ClN2O3/c1-12-6-7-14(13(2)9-12)10-21(3)16(22)11-24-18(23)15-5-4-8-20-17(15)19/h4-9H,10-11H2,1-3H3. The summed E-state index contributed by atoms with van der Waals surface area (Å²) in [6, 6.07) is 9.15. The number of esters is 1. The lowest BCUT2D eigenvalue weighted by atomic mass is 10.1. The molecule has 5 nitrogen and oxygen atoms in total. The number of aryl methyl sites for hydroxylation is 2. The molecule has 0 saturated heterocycles. The van der Waals surface area contributed by atoms with Crippen molar-refractivity contribution < 1.29 is 14.3 Å². The fraction of sp³-hybridized carbons (Fsp3) is 0.278. The summed E-state index contributed by atoms with van der Waals surface area (Å²) in [7, 11) is 1.67. The highest BCUT2D eigenvalue weighted by molar-refractivity contribution is 6.32. The molecule has 0 spiro atoms. The van der Waals surface area contributed by atoms with Crippen molar-refractivity contribution >= 4 is 23.5 Å². The number of benzene rings is 1. The van der Waals surface area contributed by atoms with Crippen LogP contribution < -0.4 is 0 Å². The van der Waals surface area contributed by atoms with E-state index in [1.54, 1.807) is 13.1 Å². The first-order valence-electron chi connectivity index (χ1n) is 7.46. The maximum atomic E-state index is 12.1. The molecule has 1 aromatic heterocycles. The zero-order valence-corrected chi connectivity index (χ0v) is 14.6. The van der Waals surface area contributed by atoms with Crippen molar-refractivity contribution in [1.82, 2.24) is 9.88 Å². The van der Waals surface area contributed by atoms with Gasteiger partial charge in [0.05, 0.1) is 5.56 Å². The molecule has 0 aliphatic heterocycles. The molecule has 6 heteroatoms. The molecular weight excluding hydrogens is 328 g/mol. The second-order valence-electron chi connectivity index (χ2n) is 5.60. The number of hydrogen-bond acceptors (Lipinski definition) is 4. The lowest BCUT2D eigenvalue weighted by Gasteiger charge is -2.18. The fourth-order valence-electron chi connectivity index (χ4n) is 2.22. The summed E-state index contributed by atoms with van der Waals surface area (Å²) in [5, 5.41) is 0.0542. The van der Waals surface area contributed by atoms with E-state index < -0.39 is 5.97 Å². The molecule has 1 heterocycles. The summed E-state index contributed by atoms with van der Waals surface area (Å²) < 4.78 is 5.02. The Morgan fingerprint density at radius 3 is 2.67 bits per heavy atom. The molecule has 126 valence electrons. The molecule has 0 fully saturated rings. The number of hydrogen-bond donors (Lipinski definition) is 0. The van der Waals surface area contributed by atoms with E-state index in [9.17, 15) is 9.59 Å². The third-order valence-electron chi connectivity index (χ3n) is 3.64. The number of pyridine rings is 1. The number of halogens is 1. The van der Waals surface area contributed by atoms with E-state index in [0.29, 0.717) is 6.54 Å². The van der Waals surface area contributed by atoms with Crippen LogP contribution in [0.3, 0.4) is 0 Å². The first-order valence-corrected chi connectivity index (χ1v) is 7.84. The summed E-state index contributed by atoms with van der Waals surface area (Å²) in [5.74, 6) is -0.954. The Hall–Kier alpha value is -2.40. The molecule has 0 aliphatic carbocycles. The van der Waals surface area contributed by atoms with Crippen LogP contribution in [0.2, 0.25) is 5.15 Å². The van der Waals surface area contributed by atoms with E-state index in [0.717, 1.165) is 11.1 Å². The Morgan fingerprint density at radius 2 is 2.00 bits per heavy atom. The lowest BCUT2D eigenvalue weighted by Crippen LogP contribution is -2.31. The van der Waals surface area contributed by atoms with E-state index >= 15 is 0 Å². The zero-order valence-electron chi connectivity index (χ0n) is 13.9. The quantitative estimate of drug-likeness (QED) is 0.616. The highest BCUT2D eigenvalue weighted by Gasteiger charge is 2.16. The van der Waals surface area contributed by atoms with Crippen LogP contribution >= 0.6 is 11.6 Å². The highest BCUT2D eigenvalue weighted by Crippen LogP contribution is 2.14. The summed E-state index contributed by atoms with van der Waals surface area (Å²) in [4.78, 5) is 29.4. The molecule has 0 radical (unpaired) electrons. The van der Waals surface area contributed by atoms with Crippen molar-refractivity contribution in [2.45, 2.75) is 20.4 Å². The number of amides is 1. The van der Waals surface area contributed by atoms with Crippen LogP contribution in [0.5, 0.6) is 0 Å². The number of carbonyl (C=O) groups excluding carboxylic acids is 2. The number of aromatic nitrogens is 1. The van der Waals surface area contributed by atoms with Crippen molar-refractivity contribution in [3.63, 3.8) is 0 Å². The van der Waals surface area contributed by atoms with Gasteiger partial charge in [-0.1, -0.05) is 35.4 Å². The highest BCUT2D eigenvalue weighted by atomic mass is 35.5. The van der Waals surface area contributed by atoms with Gasteiger partial charge in [-0.05, 0) is 37.1 Å². The van der Waals surface area contributed by atoms with Crippen LogP contribution in [0.15, 0.2) is 36.5 Å². The fourth-order valence-corrected chi connectivity index (χ4v) is 2.42. The maximum absolute atomic E-state index is 12.1. The Kier molecular flexibility index (Phi) is 5.93. The predicted molar refractivity (Wildman–Crippen MR) is 91.9 cm³/mol. The molecule has 0 N–H and O–H groups in total. The summed E-state index contributed by atoms with van der Waals surface area (Å²) in [5.41, 5.74) is 3.49. The van der Waals surface area contributed by atoms with E-state index in [2.05, 4.69) is 11.1 Å². The Balaban J connectivity index is 1.92. The van der Waals surface area contributed by atoms with Gasteiger partial charge in [-0.2, -0.15) is 0 Å². The van der Waals surface area contributed by atoms with Crippen molar-refractivity contribution in [3.05, 3.63) is 63.9 Å². The number of nitrogens with zero attached hydrogens (tertiary/aromatic N) is 2. The van der Waals surface area contributed by atoms with Gasteiger partial charge in [0, 0.05) is 19.8 Å². The zero-order chi connectivity index (χ0) is 17.7. The van der Waals surface area contributed by atoms with Crippen LogP contribution in [-0.2, 0) is 16.1 Å². The largest absolute Gasteiger partial charge is 0.452 e. The molecule has 0 atom stereocenters. The van der Waals surface area contributed by atoms with Gasteiger partial charge in [-0.25, -0.2) is 9.78 Å². The molecule has 2 aromatic rings. The monoisotopic (exact) mass is 346 g/mol. The first-order chi connectivity index (χ1) is 11.4. The van der Waals surface area contributed by atoms with E-state index in [-0.39, 0.29) is 23.2 Å². The van der Waals surface area contributed by atoms with Gasteiger partial charge in [-0.3, -0.25) is 4.79 Å². The minimum atomic E-state index is -0.665.